The van der Waals surface area contributed by atoms with Crippen LogP contribution in [0.5, 0.6) is 0 Å². The van der Waals surface area contributed by atoms with E-state index in [2.05, 4.69) is 0 Å². The van der Waals surface area contributed by atoms with E-state index in [-0.39, 0.29) is 12.7 Å². The predicted octanol–water partition coefficient (Wildman–Crippen LogP) is 1.09. The Labute approximate surface area is 102 Å². The van der Waals surface area contributed by atoms with Crippen molar-refractivity contribution in [1.29, 1.82) is 0 Å². The van der Waals surface area contributed by atoms with Gasteiger partial charge in [-0.25, -0.2) is 0 Å². The van der Waals surface area contributed by atoms with Crippen LogP contribution >= 0.6 is 0 Å². The maximum absolute atomic E-state index is 11.6. The lowest BCUT2D eigenvalue weighted by atomic mass is 10.0. The second kappa shape index (κ2) is 5.33. The van der Waals surface area contributed by atoms with Crippen LogP contribution in [0.3, 0.4) is 0 Å². The summed E-state index contributed by atoms with van der Waals surface area (Å²) in [6, 6.07) is 0. The minimum Gasteiger partial charge on any atom is -0.463 e. The highest BCUT2D eigenvalue weighted by Crippen LogP contribution is 2.27. The van der Waals surface area contributed by atoms with Crippen molar-refractivity contribution in [2.24, 2.45) is 5.92 Å². The van der Waals surface area contributed by atoms with Crippen LogP contribution in [0.4, 0.5) is 0 Å². The molecule has 1 aliphatic heterocycles. The Morgan fingerprint density at radius 2 is 2.00 bits per heavy atom. The molecule has 0 bridgehead atoms. The maximum atomic E-state index is 11.6. The first-order valence-corrected chi connectivity index (χ1v) is 5.93. The minimum absolute atomic E-state index is 0.186. The van der Waals surface area contributed by atoms with E-state index in [1.165, 1.54) is 0 Å². The molecule has 3 atom stereocenters. The van der Waals surface area contributed by atoms with Crippen molar-refractivity contribution < 1.29 is 24.1 Å². The van der Waals surface area contributed by atoms with Crippen LogP contribution in [0.1, 0.15) is 34.6 Å². The highest BCUT2D eigenvalue weighted by molar-refractivity contribution is 5.72. The van der Waals surface area contributed by atoms with Crippen molar-refractivity contribution in [3.8, 4) is 0 Å². The molecule has 1 heterocycles. The van der Waals surface area contributed by atoms with Gasteiger partial charge in [0.1, 0.15) is 6.10 Å². The summed E-state index contributed by atoms with van der Waals surface area (Å²) in [6.07, 6.45) is -1.59. The zero-order chi connectivity index (χ0) is 13.2. The second-order valence-corrected chi connectivity index (χ2v) is 5.13. The first-order valence-electron chi connectivity index (χ1n) is 5.93. The molecule has 3 unspecified atom stereocenters. The van der Waals surface area contributed by atoms with E-state index in [1.54, 1.807) is 34.6 Å². The van der Waals surface area contributed by atoms with Gasteiger partial charge in [0.2, 0.25) is 0 Å². The van der Waals surface area contributed by atoms with Crippen molar-refractivity contribution >= 4 is 5.97 Å². The van der Waals surface area contributed by atoms with E-state index in [4.69, 9.17) is 14.2 Å². The molecule has 100 valence electrons. The van der Waals surface area contributed by atoms with Gasteiger partial charge in [0.15, 0.2) is 5.79 Å². The zero-order valence-electron chi connectivity index (χ0n) is 11.1. The van der Waals surface area contributed by atoms with E-state index in [0.717, 1.165) is 0 Å². The minimum atomic E-state index is -0.914. The Morgan fingerprint density at radius 3 is 2.41 bits per heavy atom. The number of carbonyl (C=O) groups is 1. The number of rotatable bonds is 4. The summed E-state index contributed by atoms with van der Waals surface area (Å²) < 4.78 is 15.9. The normalized spacial score (nSPS) is 26.9. The fourth-order valence-corrected chi connectivity index (χ4v) is 1.68. The van der Waals surface area contributed by atoms with Crippen LogP contribution in [0.15, 0.2) is 0 Å². The van der Waals surface area contributed by atoms with Gasteiger partial charge in [-0.15, -0.1) is 0 Å². The molecule has 0 aromatic heterocycles. The number of hydrogen-bond acceptors (Lipinski definition) is 5. The van der Waals surface area contributed by atoms with E-state index in [9.17, 15) is 9.90 Å². The van der Waals surface area contributed by atoms with E-state index in [0.29, 0.717) is 0 Å². The van der Waals surface area contributed by atoms with Gasteiger partial charge in [-0.3, -0.25) is 4.79 Å². The molecule has 0 radical (unpaired) electrons. The van der Waals surface area contributed by atoms with Crippen LogP contribution in [-0.2, 0) is 19.0 Å². The highest BCUT2D eigenvalue weighted by atomic mass is 16.7. The fraction of sp³-hybridized carbons (Fsp3) is 0.917. The average Bonchev–Trinajstić information content (AvgIpc) is 2.55. The van der Waals surface area contributed by atoms with E-state index >= 15 is 0 Å². The SMILES string of the molecule is CC(C)OC(=O)C(C)C(O)C1COC(C)(C)O1. The van der Waals surface area contributed by atoms with Crippen LogP contribution < -0.4 is 0 Å². The van der Waals surface area contributed by atoms with Gasteiger partial charge in [0.05, 0.1) is 24.7 Å². The van der Waals surface area contributed by atoms with E-state index in [1.807, 2.05) is 0 Å². The quantitative estimate of drug-likeness (QED) is 0.752. The second-order valence-electron chi connectivity index (χ2n) is 5.13. The molecule has 0 saturated carbocycles. The monoisotopic (exact) mass is 246 g/mol. The van der Waals surface area contributed by atoms with Crippen LogP contribution in [0.25, 0.3) is 0 Å². The Morgan fingerprint density at radius 1 is 1.41 bits per heavy atom. The molecule has 0 aliphatic carbocycles. The van der Waals surface area contributed by atoms with Gasteiger partial charge < -0.3 is 19.3 Å². The van der Waals surface area contributed by atoms with Crippen molar-refractivity contribution in [1.82, 2.24) is 0 Å². The number of ether oxygens (including phenoxy) is 3. The van der Waals surface area contributed by atoms with E-state index < -0.39 is 29.9 Å². The summed E-state index contributed by atoms with van der Waals surface area (Å²) >= 11 is 0. The Balaban J connectivity index is 2.52. The standard InChI is InChI=1S/C12H22O5/c1-7(2)16-11(14)8(3)10(13)9-6-15-12(4,5)17-9/h7-10,13H,6H2,1-5H3. The zero-order valence-corrected chi connectivity index (χ0v) is 11.1. The molecule has 5 nitrogen and oxygen atoms in total. The molecular weight excluding hydrogens is 224 g/mol. The fourth-order valence-electron chi connectivity index (χ4n) is 1.68. The highest BCUT2D eigenvalue weighted by Gasteiger charge is 2.40. The molecule has 1 rings (SSSR count). The van der Waals surface area contributed by atoms with Crippen LogP contribution in [0.2, 0.25) is 0 Å². The molecule has 5 heteroatoms. The lowest BCUT2D eigenvalue weighted by molar-refractivity contribution is -0.169. The molecule has 1 saturated heterocycles. The van der Waals surface area contributed by atoms with Crippen molar-refractivity contribution in [3.05, 3.63) is 0 Å². The molecule has 0 aromatic carbocycles. The topological polar surface area (TPSA) is 65.0 Å². The lowest BCUT2D eigenvalue weighted by Crippen LogP contribution is -2.39. The van der Waals surface area contributed by atoms with Gasteiger partial charge in [-0.05, 0) is 34.6 Å². The molecule has 1 aliphatic rings. The predicted molar refractivity (Wildman–Crippen MR) is 61.3 cm³/mol. The molecule has 0 spiro atoms. The summed E-state index contributed by atoms with van der Waals surface area (Å²) in [4.78, 5) is 11.6. The number of hydrogen-bond donors (Lipinski definition) is 1. The number of carbonyl (C=O) groups excluding carboxylic acids is 1. The summed E-state index contributed by atoms with van der Waals surface area (Å²) in [6.45, 7) is 9.01. The number of aliphatic hydroxyl groups excluding tert-OH is 1. The van der Waals surface area contributed by atoms with Crippen LogP contribution in [0, 0.1) is 5.92 Å². The largest absolute Gasteiger partial charge is 0.463 e. The third-order valence-electron chi connectivity index (χ3n) is 2.65. The summed E-state index contributed by atoms with van der Waals surface area (Å²) in [7, 11) is 0. The average molecular weight is 246 g/mol. The van der Waals surface area contributed by atoms with Crippen molar-refractivity contribution in [3.63, 3.8) is 0 Å². The van der Waals surface area contributed by atoms with Crippen molar-refractivity contribution in [2.45, 2.75) is 58.7 Å². The third-order valence-corrected chi connectivity index (χ3v) is 2.65. The Hall–Kier alpha value is -0.650. The molecule has 17 heavy (non-hydrogen) atoms. The molecular formula is C12H22O5. The van der Waals surface area contributed by atoms with Crippen molar-refractivity contribution in [2.75, 3.05) is 6.61 Å². The number of esters is 1. The van der Waals surface area contributed by atoms with Gasteiger partial charge in [0, 0.05) is 0 Å². The van der Waals surface area contributed by atoms with Gasteiger partial charge in [-0.1, -0.05) is 0 Å². The maximum Gasteiger partial charge on any atom is 0.311 e. The summed E-state index contributed by atoms with van der Waals surface area (Å²) in [5.41, 5.74) is 0. The van der Waals surface area contributed by atoms with Gasteiger partial charge in [0.25, 0.3) is 0 Å². The third kappa shape index (κ3) is 3.94. The summed E-state index contributed by atoms with van der Waals surface area (Å²) in [5, 5.41) is 10.0. The van der Waals surface area contributed by atoms with Gasteiger partial charge in [-0.2, -0.15) is 0 Å². The first-order chi connectivity index (χ1) is 7.73. The Kier molecular flexibility index (Phi) is 4.52. The number of aliphatic hydroxyl groups is 1. The molecule has 0 aromatic rings. The first kappa shape index (κ1) is 14.4. The molecule has 1 N–H and O–H groups in total. The molecule has 0 amide bonds. The van der Waals surface area contributed by atoms with Gasteiger partial charge >= 0.3 is 5.97 Å². The van der Waals surface area contributed by atoms with Crippen LogP contribution in [-0.4, -0.2) is 41.8 Å². The lowest BCUT2D eigenvalue weighted by Gasteiger charge is -2.24. The smallest absolute Gasteiger partial charge is 0.311 e. The molecule has 1 fully saturated rings. The Bertz CT molecular complexity index is 274. The summed E-state index contributed by atoms with van der Waals surface area (Å²) in [5.74, 6) is -1.74.